The zero-order valence-corrected chi connectivity index (χ0v) is 17.5. The van der Waals surface area contributed by atoms with Crippen molar-refractivity contribution in [3.63, 3.8) is 0 Å². The molecule has 0 saturated carbocycles. The van der Waals surface area contributed by atoms with Gasteiger partial charge in [-0.05, 0) is 38.7 Å². The Morgan fingerprint density at radius 1 is 1.18 bits per heavy atom. The fraction of sp³-hybridized carbons (Fsp3) is 0.500. The van der Waals surface area contributed by atoms with Gasteiger partial charge in [0.05, 0.1) is 0 Å². The van der Waals surface area contributed by atoms with Crippen LogP contribution in [0.5, 0.6) is 0 Å². The summed E-state index contributed by atoms with van der Waals surface area (Å²) >= 11 is 0. The highest BCUT2D eigenvalue weighted by Gasteiger charge is 2.34. The molecule has 0 radical (unpaired) electrons. The molecule has 0 spiro atoms. The van der Waals surface area contributed by atoms with Gasteiger partial charge in [-0.3, -0.25) is 0 Å². The van der Waals surface area contributed by atoms with Crippen LogP contribution in [0.4, 0.5) is 4.79 Å². The van der Waals surface area contributed by atoms with Gasteiger partial charge in [0.1, 0.15) is 10.7 Å². The van der Waals surface area contributed by atoms with Gasteiger partial charge >= 0.3 is 6.03 Å². The molecule has 1 aromatic carbocycles. The summed E-state index contributed by atoms with van der Waals surface area (Å²) in [6, 6.07) is 7.42. The number of carbonyl (C=O) groups excluding carboxylic acids is 1. The average molecular weight is 405 g/mol. The van der Waals surface area contributed by atoms with Gasteiger partial charge in [-0.25, -0.2) is 4.79 Å². The van der Waals surface area contributed by atoms with Gasteiger partial charge in [-0.1, -0.05) is 36.8 Å². The van der Waals surface area contributed by atoms with Crippen molar-refractivity contribution in [1.29, 1.82) is 0 Å². The number of nitrogens with one attached hydrogen (secondary N) is 2. The third kappa shape index (κ3) is 4.38. The van der Waals surface area contributed by atoms with E-state index in [2.05, 4.69) is 15.0 Å². The molecule has 0 atom stereocenters. The first-order chi connectivity index (χ1) is 13.3. The Kier molecular flexibility index (Phi) is 6.07. The van der Waals surface area contributed by atoms with Gasteiger partial charge in [0.25, 0.3) is 10.0 Å². The van der Waals surface area contributed by atoms with Crippen LogP contribution in [0, 0.1) is 6.92 Å². The van der Waals surface area contributed by atoms with Crippen molar-refractivity contribution >= 4 is 26.8 Å². The molecule has 2 heterocycles. The molecule has 0 bridgehead atoms. The maximum absolute atomic E-state index is 12.7. The Bertz CT molecular complexity index is 896. The van der Waals surface area contributed by atoms with Crippen molar-refractivity contribution in [2.24, 2.45) is 4.40 Å². The minimum Gasteiger partial charge on any atom is -0.356 e. The minimum atomic E-state index is -3.70. The number of nitrogens with zero attached hydrogens (tertiary/aromatic N) is 2. The summed E-state index contributed by atoms with van der Waals surface area (Å²) in [5.41, 5.74) is 2.44. The molecule has 3 rings (SSSR count). The lowest BCUT2D eigenvalue weighted by Gasteiger charge is -2.33. The number of benzene rings is 1. The van der Waals surface area contributed by atoms with Gasteiger partial charge in [0, 0.05) is 31.2 Å². The van der Waals surface area contributed by atoms with Crippen LogP contribution in [0.3, 0.4) is 0 Å². The number of rotatable bonds is 4. The predicted octanol–water partition coefficient (Wildman–Crippen LogP) is 2.64. The second-order valence-electron chi connectivity index (χ2n) is 7.37. The van der Waals surface area contributed by atoms with Crippen LogP contribution in [0.15, 0.2) is 34.2 Å². The van der Waals surface area contributed by atoms with Crippen molar-refractivity contribution in [3.8, 4) is 0 Å². The van der Waals surface area contributed by atoms with E-state index in [1.54, 1.807) is 0 Å². The molecular formula is C20H28N4O3S. The third-order valence-corrected chi connectivity index (χ3v) is 6.59. The van der Waals surface area contributed by atoms with Crippen molar-refractivity contribution < 1.29 is 13.2 Å². The molecular weight excluding hydrogens is 376 g/mol. The molecule has 1 aromatic rings. The van der Waals surface area contributed by atoms with Crippen LogP contribution >= 0.6 is 0 Å². The van der Waals surface area contributed by atoms with E-state index < -0.39 is 10.0 Å². The summed E-state index contributed by atoms with van der Waals surface area (Å²) in [7, 11) is -3.70. The maximum Gasteiger partial charge on any atom is 0.315 e. The predicted molar refractivity (Wildman–Crippen MR) is 112 cm³/mol. The maximum atomic E-state index is 12.7. The molecule has 2 amide bonds. The molecule has 0 aliphatic carbocycles. The second kappa shape index (κ2) is 8.34. The zero-order valence-electron chi connectivity index (χ0n) is 16.7. The number of piperidine rings is 1. The number of hydrogen-bond acceptors (Lipinski definition) is 4. The van der Waals surface area contributed by atoms with Crippen LogP contribution in [0.1, 0.15) is 44.2 Å². The molecule has 152 valence electrons. The smallest absolute Gasteiger partial charge is 0.315 e. The molecule has 28 heavy (non-hydrogen) atoms. The number of aryl methyl sites for hydroxylation is 1. The number of sulfonamides is 1. The zero-order chi connectivity index (χ0) is 20.3. The quantitative estimate of drug-likeness (QED) is 0.807. The monoisotopic (exact) mass is 404 g/mol. The highest BCUT2D eigenvalue weighted by atomic mass is 32.2. The van der Waals surface area contributed by atoms with Crippen LogP contribution in [0.2, 0.25) is 0 Å². The van der Waals surface area contributed by atoms with E-state index in [-0.39, 0.29) is 12.1 Å². The van der Waals surface area contributed by atoms with E-state index in [1.165, 1.54) is 0 Å². The molecule has 1 fully saturated rings. The largest absolute Gasteiger partial charge is 0.356 e. The van der Waals surface area contributed by atoms with Gasteiger partial charge in [0.15, 0.2) is 0 Å². The number of carbonyl (C=O) groups is 1. The minimum absolute atomic E-state index is 0.0903. The van der Waals surface area contributed by atoms with Crippen LogP contribution in [-0.4, -0.2) is 50.9 Å². The van der Waals surface area contributed by atoms with Crippen LogP contribution in [-0.2, 0) is 10.0 Å². The van der Waals surface area contributed by atoms with Gasteiger partial charge < -0.3 is 15.5 Å². The molecule has 0 aromatic heterocycles. The summed E-state index contributed by atoms with van der Waals surface area (Å²) in [5, 5.41) is 5.80. The van der Waals surface area contributed by atoms with Gasteiger partial charge in [-0.2, -0.15) is 8.42 Å². The Morgan fingerprint density at radius 2 is 1.82 bits per heavy atom. The fourth-order valence-corrected chi connectivity index (χ4v) is 5.08. The lowest BCUT2D eigenvalue weighted by molar-refractivity contribution is 0.226. The van der Waals surface area contributed by atoms with Crippen molar-refractivity contribution in [3.05, 3.63) is 41.0 Å². The molecule has 0 unspecified atom stereocenters. The normalized spacial score (nSPS) is 19.5. The first-order valence-electron chi connectivity index (χ1n) is 9.74. The Hall–Kier alpha value is -2.35. The van der Waals surface area contributed by atoms with E-state index >= 15 is 0 Å². The van der Waals surface area contributed by atoms with Crippen molar-refractivity contribution in [1.82, 2.24) is 15.5 Å². The van der Waals surface area contributed by atoms with E-state index in [4.69, 9.17) is 0 Å². The molecule has 7 nitrogen and oxygen atoms in total. The summed E-state index contributed by atoms with van der Waals surface area (Å²) < 4.78 is 29.4. The highest BCUT2D eigenvalue weighted by Crippen LogP contribution is 2.34. The Labute approximate surface area is 167 Å². The average Bonchev–Trinajstić information content (AvgIpc) is 2.90. The van der Waals surface area contributed by atoms with Crippen LogP contribution in [0.25, 0.3) is 4.91 Å². The van der Waals surface area contributed by atoms with E-state index in [1.807, 2.05) is 49.9 Å². The summed E-state index contributed by atoms with van der Waals surface area (Å²) in [5.74, 6) is 0.532. The number of likely N-dealkylation sites (tertiary alicyclic amines) is 1. The standard InChI is InChI=1S/C20H28N4O3S/c1-4-11-21-20(25)22-17-9-12-24(13-10-17)19-15(3)18(28(26,27)23-19)16-7-5-14(2)6-8-16/h5-8,17H,4,9-13H2,1-3H3,(H2,21,22,25). The summed E-state index contributed by atoms with van der Waals surface area (Å²) in [6.45, 7) is 7.77. The first-order valence-corrected chi connectivity index (χ1v) is 11.2. The lowest BCUT2D eigenvalue weighted by atomic mass is 10.0. The number of amides is 2. The van der Waals surface area contributed by atoms with Gasteiger partial charge in [0.2, 0.25) is 0 Å². The topological polar surface area (TPSA) is 90.9 Å². The van der Waals surface area contributed by atoms with Crippen molar-refractivity contribution in [2.45, 2.75) is 46.1 Å². The Morgan fingerprint density at radius 3 is 2.43 bits per heavy atom. The summed E-state index contributed by atoms with van der Waals surface area (Å²) in [6.07, 6.45) is 2.41. The molecule has 2 aliphatic rings. The number of urea groups is 1. The summed E-state index contributed by atoms with van der Waals surface area (Å²) in [4.78, 5) is 14.1. The number of amidine groups is 1. The van der Waals surface area contributed by atoms with Crippen molar-refractivity contribution in [2.75, 3.05) is 19.6 Å². The van der Waals surface area contributed by atoms with E-state index in [0.717, 1.165) is 24.8 Å². The molecule has 2 N–H and O–H groups in total. The Balaban J connectivity index is 1.70. The fourth-order valence-electron chi connectivity index (χ4n) is 3.60. The molecule has 8 heteroatoms. The third-order valence-electron chi connectivity index (χ3n) is 5.12. The SMILES string of the molecule is CCCNC(=O)NC1CCN(C2=NS(=O)(=O)C(c3ccc(C)cc3)=C2C)CC1. The number of hydrogen-bond donors (Lipinski definition) is 2. The molecule has 2 aliphatic heterocycles. The first kappa shape index (κ1) is 20.4. The molecule has 1 saturated heterocycles. The lowest BCUT2D eigenvalue weighted by Crippen LogP contribution is -2.49. The highest BCUT2D eigenvalue weighted by molar-refractivity contribution is 8.00. The van der Waals surface area contributed by atoms with Crippen LogP contribution < -0.4 is 10.6 Å². The van der Waals surface area contributed by atoms with E-state index in [0.29, 0.717) is 41.5 Å². The van der Waals surface area contributed by atoms with E-state index in [9.17, 15) is 13.2 Å². The van der Waals surface area contributed by atoms with Gasteiger partial charge in [-0.15, -0.1) is 4.40 Å². The second-order valence-corrected chi connectivity index (χ2v) is 8.91.